The highest BCUT2D eigenvalue weighted by molar-refractivity contribution is 5.92. The van der Waals surface area contributed by atoms with Crippen LogP contribution in [0.2, 0.25) is 0 Å². The van der Waals surface area contributed by atoms with E-state index in [0.29, 0.717) is 5.92 Å². The topological polar surface area (TPSA) is 56.2 Å². The van der Waals surface area contributed by atoms with Crippen LogP contribution in [0.1, 0.15) is 32.1 Å². The molecule has 1 aromatic heterocycles. The minimum absolute atomic E-state index is 0.150. The summed E-state index contributed by atoms with van der Waals surface area (Å²) in [5, 5.41) is 7.28. The molecule has 1 saturated carbocycles. The number of amides is 1. The van der Waals surface area contributed by atoms with E-state index >= 15 is 0 Å². The van der Waals surface area contributed by atoms with Crippen molar-refractivity contribution in [2.24, 2.45) is 11.8 Å². The Morgan fingerprint density at radius 1 is 1.37 bits per heavy atom. The van der Waals surface area contributed by atoms with E-state index in [1.165, 1.54) is 6.42 Å². The van der Waals surface area contributed by atoms with E-state index in [9.17, 15) is 4.79 Å². The highest BCUT2D eigenvalue weighted by atomic mass is 16.5. The molecule has 3 rings (SSSR count). The van der Waals surface area contributed by atoms with Gasteiger partial charge in [-0.1, -0.05) is 6.42 Å². The SMILES string of the molecule is O=C(Nc1cnn(CC2CCOCC2)c1)C1CCC1. The lowest BCUT2D eigenvalue weighted by Gasteiger charge is -2.23. The maximum atomic E-state index is 11.8. The molecule has 0 atom stereocenters. The lowest BCUT2D eigenvalue weighted by atomic mass is 9.85. The summed E-state index contributed by atoms with van der Waals surface area (Å²) in [4.78, 5) is 11.8. The van der Waals surface area contributed by atoms with Crippen LogP contribution in [0.5, 0.6) is 0 Å². The molecule has 1 amide bonds. The van der Waals surface area contributed by atoms with Crippen molar-refractivity contribution in [3.63, 3.8) is 0 Å². The Morgan fingerprint density at radius 2 is 2.16 bits per heavy atom. The van der Waals surface area contributed by atoms with Gasteiger partial charge in [-0.25, -0.2) is 0 Å². The quantitative estimate of drug-likeness (QED) is 0.904. The van der Waals surface area contributed by atoms with E-state index in [1.807, 2.05) is 10.9 Å². The van der Waals surface area contributed by atoms with Gasteiger partial charge >= 0.3 is 0 Å². The van der Waals surface area contributed by atoms with Crippen molar-refractivity contribution in [2.45, 2.75) is 38.6 Å². The molecular weight excluding hydrogens is 242 g/mol. The van der Waals surface area contributed by atoms with Gasteiger partial charge in [-0.05, 0) is 31.6 Å². The Bertz CT molecular complexity index is 434. The maximum Gasteiger partial charge on any atom is 0.227 e. The zero-order chi connectivity index (χ0) is 13.1. The molecule has 1 N–H and O–H groups in total. The fourth-order valence-electron chi connectivity index (χ4n) is 2.64. The van der Waals surface area contributed by atoms with E-state index in [4.69, 9.17) is 4.74 Å². The molecule has 1 aromatic rings. The summed E-state index contributed by atoms with van der Waals surface area (Å²) in [6.45, 7) is 2.64. The van der Waals surface area contributed by atoms with Crippen molar-refractivity contribution >= 4 is 11.6 Å². The van der Waals surface area contributed by atoms with E-state index in [2.05, 4.69) is 10.4 Å². The van der Waals surface area contributed by atoms with Gasteiger partial charge in [0.2, 0.25) is 5.91 Å². The first-order chi connectivity index (χ1) is 9.31. The molecule has 5 heteroatoms. The summed E-state index contributed by atoms with van der Waals surface area (Å²) in [6, 6.07) is 0. The first-order valence-electron chi connectivity index (χ1n) is 7.22. The van der Waals surface area contributed by atoms with Crippen molar-refractivity contribution in [3.05, 3.63) is 12.4 Å². The maximum absolute atomic E-state index is 11.8. The average Bonchev–Trinajstić information content (AvgIpc) is 2.75. The summed E-state index contributed by atoms with van der Waals surface area (Å²) in [7, 11) is 0. The smallest absolute Gasteiger partial charge is 0.227 e. The number of nitrogens with zero attached hydrogens (tertiary/aromatic N) is 2. The number of anilines is 1. The molecule has 0 bridgehead atoms. The minimum atomic E-state index is 0.150. The van der Waals surface area contributed by atoms with Gasteiger partial charge in [0, 0.05) is 31.9 Å². The van der Waals surface area contributed by atoms with Gasteiger partial charge < -0.3 is 10.1 Å². The molecule has 1 aliphatic heterocycles. The van der Waals surface area contributed by atoms with Crippen molar-refractivity contribution in [1.82, 2.24) is 9.78 Å². The van der Waals surface area contributed by atoms with Crippen molar-refractivity contribution in [3.8, 4) is 0 Å². The molecule has 104 valence electrons. The fraction of sp³-hybridized carbons (Fsp3) is 0.714. The molecule has 0 radical (unpaired) electrons. The predicted octanol–water partition coefficient (Wildman–Crippen LogP) is 2.05. The lowest BCUT2D eigenvalue weighted by Crippen LogP contribution is -2.27. The molecule has 1 saturated heterocycles. The molecule has 2 aliphatic rings. The van der Waals surface area contributed by atoms with Crippen molar-refractivity contribution in [1.29, 1.82) is 0 Å². The van der Waals surface area contributed by atoms with Gasteiger partial charge in [0.05, 0.1) is 11.9 Å². The number of rotatable bonds is 4. The molecule has 2 heterocycles. The Morgan fingerprint density at radius 3 is 2.84 bits per heavy atom. The Labute approximate surface area is 113 Å². The Hall–Kier alpha value is -1.36. The lowest BCUT2D eigenvalue weighted by molar-refractivity contribution is -0.122. The van der Waals surface area contributed by atoms with Gasteiger partial charge in [0.1, 0.15) is 0 Å². The zero-order valence-electron chi connectivity index (χ0n) is 11.2. The first-order valence-corrected chi connectivity index (χ1v) is 7.22. The van der Waals surface area contributed by atoms with E-state index in [1.54, 1.807) is 6.20 Å². The second-order valence-electron chi connectivity index (χ2n) is 5.62. The van der Waals surface area contributed by atoms with Crippen LogP contribution in [0.3, 0.4) is 0 Å². The second kappa shape index (κ2) is 5.74. The predicted molar refractivity (Wildman–Crippen MR) is 71.7 cm³/mol. The summed E-state index contributed by atoms with van der Waals surface area (Å²) in [6.07, 6.45) is 9.13. The number of aromatic nitrogens is 2. The molecule has 19 heavy (non-hydrogen) atoms. The molecular formula is C14H21N3O2. The minimum Gasteiger partial charge on any atom is -0.381 e. The highest BCUT2D eigenvalue weighted by Gasteiger charge is 2.25. The van der Waals surface area contributed by atoms with Gasteiger partial charge in [0.25, 0.3) is 0 Å². The van der Waals surface area contributed by atoms with E-state index in [0.717, 1.165) is 51.1 Å². The van der Waals surface area contributed by atoms with Gasteiger partial charge in [-0.15, -0.1) is 0 Å². The normalized spacial score (nSPS) is 21.1. The second-order valence-corrected chi connectivity index (χ2v) is 5.62. The van der Waals surface area contributed by atoms with E-state index < -0.39 is 0 Å². The molecule has 0 aromatic carbocycles. The van der Waals surface area contributed by atoms with Gasteiger partial charge in [0.15, 0.2) is 0 Å². The zero-order valence-corrected chi connectivity index (χ0v) is 11.2. The number of nitrogens with one attached hydrogen (secondary N) is 1. The third kappa shape index (κ3) is 3.15. The van der Waals surface area contributed by atoms with Crippen molar-refractivity contribution in [2.75, 3.05) is 18.5 Å². The van der Waals surface area contributed by atoms with E-state index in [-0.39, 0.29) is 11.8 Å². The number of carbonyl (C=O) groups is 1. The molecule has 1 aliphatic carbocycles. The molecule has 5 nitrogen and oxygen atoms in total. The largest absolute Gasteiger partial charge is 0.381 e. The third-order valence-corrected chi connectivity index (χ3v) is 4.16. The third-order valence-electron chi connectivity index (χ3n) is 4.16. The fourth-order valence-corrected chi connectivity index (χ4v) is 2.64. The molecule has 0 unspecified atom stereocenters. The number of hydrogen-bond acceptors (Lipinski definition) is 3. The van der Waals surface area contributed by atoms with Crippen LogP contribution < -0.4 is 5.32 Å². The number of carbonyl (C=O) groups excluding carboxylic acids is 1. The van der Waals surface area contributed by atoms with Crippen molar-refractivity contribution < 1.29 is 9.53 Å². The Balaban J connectivity index is 1.52. The number of ether oxygens (including phenoxy) is 1. The first kappa shape index (κ1) is 12.7. The van der Waals surface area contributed by atoms with Crippen LogP contribution in [0, 0.1) is 11.8 Å². The molecule has 0 spiro atoms. The highest BCUT2D eigenvalue weighted by Crippen LogP contribution is 2.27. The van der Waals surface area contributed by atoms with Crippen LogP contribution in [-0.2, 0) is 16.1 Å². The van der Waals surface area contributed by atoms with Crippen LogP contribution in [0.4, 0.5) is 5.69 Å². The van der Waals surface area contributed by atoms with Gasteiger partial charge in [-0.2, -0.15) is 5.10 Å². The number of hydrogen-bond donors (Lipinski definition) is 1. The molecule has 2 fully saturated rings. The summed E-state index contributed by atoms with van der Waals surface area (Å²) in [5.74, 6) is 1.01. The standard InChI is InChI=1S/C14H21N3O2/c18-14(12-2-1-3-12)16-13-8-15-17(10-13)9-11-4-6-19-7-5-11/h8,10-12H,1-7,9H2,(H,16,18). The Kier molecular flexibility index (Phi) is 3.82. The van der Waals surface area contributed by atoms with Crippen LogP contribution in [0.25, 0.3) is 0 Å². The van der Waals surface area contributed by atoms with Gasteiger partial charge in [-0.3, -0.25) is 9.48 Å². The van der Waals surface area contributed by atoms with Crippen LogP contribution >= 0.6 is 0 Å². The summed E-state index contributed by atoms with van der Waals surface area (Å²) in [5.41, 5.74) is 0.823. The monoisotopic (exact) mass is 263 g/mol. The summed E-state index contributed by atoms with van der Waals surface area (Å²) < 4.78 is 7.29. The van der Waals surface area contributed by atoms with Crippen LogP contribution in [-0.4, -0.2) is 28.9 Å². The average molecular weight is 263 g/mol. The summed E-state index contributed by atoms with van der Waals surface area (Å²) >= 11 is 0. The van der Waals surface area contributed by atoms with Crippen LogP contribution in [0.15, 0.2) is 12.4 Å².